The van der Waals surface area contributed by atoms with Crippen LogP contribution < -0.4 is 5.73 Å². The van der Waals surface area contributed by atoms with Crippen LogP contribution in [0.1, 0.15) is 32.4 Å². The lowest BCUT2D eigenvalue weighted by Crippen LogP contribution is -2.36. The molecular formula is C14H22BrFN2. The fourth-order valence-corrected chi connectivity index (χ4v) is 2.52. The molecule has 1 rings (SSSR count). The van der Waals surface area contributed by atoms with Crippen molar-refractivity contribution >= 4 is 15.9 Å². The van der Waals surface area contributed by atoms with Crippen LogP contribution >= 0.6 is 15.9 Å². The standard InChI is InChI=1S/C14H22BrFN2/c1-4-18(9-10(2)3)14(8-17)12-6-5-11(15)7-13(12)16/h5-7,10,14H,4,8-9,17H2,1-3H3. The molecule has 0 fully saturated rings. The van der Waals surface area contributed by atoms with Crippen molar-refractivity contribution < 1.29 is 4.39 Å². The van der Waals surface area contributed by atoms with Gasteiger partial charge < -0.3 is 5.73 Å². The second kappa shape index (κ2) is 7.22. The van der Waals surface area contributed by atoms with Gasteiger partial charge in [-0.15, -0.1) is 0 Å². The summed E-state index contributed by atoms with van der Waals surface area (Å²) >= 11 is 3.28. The molecule has 4 heteroatoms. The first-order valence-corrected chi connectivity index (χ1v) is 7.17. The number of hydrogen-bond acceptors (Lipinski definition) is 2. The summed E-state index contributed by atoms with van der Waals surface area (Å²) in [6.07, 6.45) is 0. The van der Waals surface area contributed by atoms with Crippen molar-refractivity contribution in [1.29, 1.82) is 0 Å². The molecule has 0 radical (unpaired) electrons. The van der Waals surface area contributed by atoms with Gasteiger partial charge in [0.15, 0.2) is 0 Å². The zero-order valence-electron chi connectivity index (χ0n) is 11.3. The summed E-state index contributed by atoms with van der Waals surface area (Å²) in [4.78, 5) is 2.23. The number of benzene rings is 1. The summed E-state index contributed by atoms with van der Waals surface area (Å²) in [6, 6.07) is 5.14. The lowest BCUT2D eigenvalue weighted by molar-refractivity contribution is 0.186. The summed E-state index contributed by atoms with van der Waals surface area (Å²) in [5.41, 5.74) is 6.53. The minimum atomic E-state index is -0.193. The van der Waals surface area contributed by atoms with Crippen molar-refractivity contribution in [2.75, 3.05) is 19.6 Å². The lowest BCUT2D eigenvalue weighted by atomic mass is 10.0. The maximum absolute atomic E-state index is 14.0. The van der Waals surface area contributed by atoms with Crippen molar-refractivity contribution in [1.82, 2.24) is 4.90 Å². The largest absolute Gasteiger partial charge is 0.329 e. The minimum absolute atomic E-state index is 0.0505. The quantitative estimate of drug-likeness (QED) is 0.869. The van der Waals surface area contributed by atoms with E-state index in [0.717, 1.165) is 17.6 Å². The molecule has 0 amide bonds. The number of nitrogens with two attached hydrogens (primary N) is 1. The molecule has 18 heavy (non-hydrogen) atoms. The highest BCUT2D eigenvalue weighted by molar-refractivity contribution is 9.10. The van der Waals surface area contributed by atoms with Gasteiger partial charge in [0.1, 0.15) is 5.82 Å². The maximum Gasteiger partial charge on any atom is 0.129 e. The van der Waals surface area contributed by atoms with Gasteiger partial charge in [-0.3, -0.25) is 4.90 Å². The summed E-state index contributed by atoms with van der Waals surface area (Å²) < 4.78 is 14.8. The van der Waals surface area contributed by atoms with Crippen LogP contribution in [0.5, 0.6) is 0 Å². The molecular weight excluding hydrogens is 295 g/mol. The summed E-state index contributed by atoms with van der Waals surface area (Å²) in [7, 11) is 0. The number of halogens is 2. The Bertz CT molecular complexity index is 382. The third-order valence-electron chi connectivity index (χ3n) is 2.99. The van der Waals surface area contributed by atoms with E-state index in [1.54, 1.807) is 0 Å². The number of nitrogens with zero attached hydrogens (tertiary/aromatic N) is 1. The molecule has 0 bridgehead atoms. The molecule has 0 saturated carbocycles. The molecule has 1 atom stereocenters. The molecule has 1 aromatic carbocycles. The number of rotatable bonds is 6. The van der Waals surface area contributed by atoms with E-state index in [2.05, 4.69) is 41.6 Å². The topological polar surface area (TPSA) is 29.3 Å². The maximum atomic E-state index is 14.0. The summed E-state index contributed by atoms with van der Waals surface area (Å²) in [5, 5.41) is 0. The van der Waals surface area contributed by atoms with E-state index in [1.165, 1.54) is 6.07 Å². The van der Waals surface area contributed by atoms with Crippen LogP contribution in [-0.4, -0.2) is 24.5 Å². The van der Waals surface area contributed by atoms with Crippen molar-refractivity contribution in [2.45, 2.75) is 26.8 Å². The third-order valence-corrected chi connectivity index (χ3v) is 3.48. The Morgan fingerprint density at radius 1 is 1.39 bits per heavy atom. The average Bonchev–Trinajstić information content (AvgIpc) is 2.30. The number of hydrogen-bond donors (Lipinski definition) is 1. The molecule has 0 aliphatic carbocycles. The van der Waals surface area contributed by atoms with E-state index < -0.39 is 0 Å². The predicted molar refractivity (Wildman–Crippen MR) is 78.0 cm³/mol. The van der Waals surface area contributed by atoms with Gasteiger partial charge in [0.05, 0.1) is 0 Å². The fourth-order valence-electron chi connectivity index (χ4n) is 2.19. The van der Waals surface area contributed by atoms with Crippen LogP contribution in [0.25, 0.3) is 0 Å². The zero-order valence-corrected chi connectivity index (χ0v) is 12.9. The van der Waals surface area contributed by atoms with E-state index >= 15 is 0 Å². The smallest absolute Gasteiger partial charge is 0.129 e. The SMILES string of the molecule is CCN(CC(C)C)C(CN)c1ccc(Br)cc1F. The molecule has 0 aromatic heterocycles. The highest BCUT2D eigenvalue weighted by Gasteiger charge is 2.21. The predicted octanol–water partition coefficient (Wildman–Crippen LogP) is 3.57. The average molecular weight is 317 g/mol. The van der Waals surface area contributed by atoms with Gasteiger partial charge >= 0.3 is 0 Å². The first kappa shape index (κ1) is 15.6. The van der Waals surface area contributed by atoms with E-state index in [-0.39, 0.29) is 11.9 Å². The van der Waals surface area contributed by atoms with Crippen LogP contribution in [0.3, 0.4) is 0 Å². The van der Waals surface area contributed by atoms with Gasteiger partial charge in [-0.05, 0) is 24.6 Å². The lowest BCUT2D eigenvalue weighted by Gasteiger charge is -2.31. The van der Waals surface area contributed by atoms with E-state index in [9.17, 15) is 4.39 Å². The third kappa shape index (κ3) is 4.04. The second-order valence-corrected chi connectivity index (χ2v) is 5.81. The van der Waals surface area contributed by atoms with Gasteiger partial charge in [-0.2, -0.15) is 0 Å². The van der Waals surface area contributed by atoms with Crippen LogP contribution in [-0.2, 0) is 0 Å². The van der Waals surface area contributed by atoms with Gasteiger partial charge in [0.2, 0.25) is 0 Å². The molecule has 0 aliphatic heterocycles. The zero-order chi connectivity index (χ0) is 13.7. The molecule has 0 aliphatic rings. The molecule has 2 N–H and O–H groups in total. The first-order valence-electron chi connectivity index (χ1n) is 6.38. The van der Waals surface area contributed by atoms with E-state index in [4.69, 9.17) is 5.73 Å². The van der Waals surface area contributed by atoms with Gasteiger partial charge in [0.25, 0.3) is 0 Å². The fraction of sp³-hybridized carbons (Fsp3) is 0.571. The van der Waals surface area contributed by atoms with Crippen molar-refractivity contribution in [2.24, 2.45) is 11.7 Å². The van der Waals surface area contributed by atoms with Gasteiger partial charge in [-0.1, -0.05) is 42.8 Å². The highest BCUT2D eigenvalue weighted by Crippen LogP contribution is 2.25. The Hall–Kier alpha value is -0.450. The van der Waals surface area contributed by atoms with Crippen LogP contribution in [0.4, 0.5) is 4.39 Å². The highest BCUT2D eigenvalue weighted by atomic mass is 79.9. The molecule has 0 saturated heterocycles. The Kier molecular flexibility index (Phi) is 6.26. The van der Waals surface area contributed by atoms with E-state index in [0.29, 0.717) is 18.0 Å². The molecule has 0 heterocycles. The molecule has 1 aromatic rings. The Morgan fingerprint density at radius 2 is 2.06 bits per heavy atom. The van der Waals surface area contributed by atoms with Crippen molar-refractivity contribution in [3.63, 3.8) is 0 Å². The second-order valence-electron chi connectivity index (χ2n) is 4.90. The Morgan fingerprint density at radius 3 is 2.50 bits per heavy atom. The molecule has 1 unspecified atom stereocenters. The van der Waals surface area contributed by atoms with Crippen molar-refractivity contribution in [3.8, 4) is 0 Å². The van der Waals surface area contributed by atoms with Gasteiger partial charge in [0, 0.05) is 29.2 Å². The first-order chi connectivity index (χ1) is 8.49. The summed E-state index contributed by atoms with van der Waals surface area (Å²) in [5.74, 6) is 0.347. The van der Waals surface area contributed by atoms with Crippen LogP contribution in [0.15, 0.2) is 22.7 Å². The Labute approximate surface area is 117 Å². The summed E-state index contributed by atoms with van der Waals surface area (Å²) in [6.45, 7) is 8.63. The van der Waals surface area contributed by atoms with Crippen LogP contribution in [0.2, 0.25) is 0 Å². The Balaban J connectivity index is 2.99. The molecule has 0 spiro atoms. The molecule has 102 valence electrons. The van der Waals surface area contributed by atoms with Gasteiger partial charge in [-0.25, -0.2) is 4.39 Å². The molecule has 2 nitrogen and oxygen atoms in total. The van der Waals surface area contributed by atoms with Crippen molar-refractivity contribution in [3.05, 3.63) is 34.1 Å². The minimum Gasteiger partial charge on any atom is -0.329 e. The number of likely N-dealkylation sites (N-methyl/N-ethyl adjacent to an activating group) is 1. The monoisotopic (exact) mass is 316 g/mol. The van der Waals surface area contributed by atoms with Crippen LogP contribution in [0, 0.1) is 11.7 Å². The normalized spacial score (nSPS) is 13.3. The van der Waals surface area contributed by atoms with E-state index in [1.807, 2.05) is 12.1 Å².